The van der Waals surface area contributed by atoms with Crippen molar-refractivity contribution in [3.05, 3.63) is 113 Å². The highest BCUT2D eigenvalue weighted by molar-refractivity contribution is 5.81. The molecular formula is C29H19F5N6. The van der Waals surface area contributed by atoms with Gasteiger partial charge in [-0.1, -0.05) is 30.3 Å². The first-order valence-corrected chi connectivity index (χ1v) is 12.2. The van der Waals surface area contributed by atoms with E-state index >= 15 is 0 Å². The number of rotatable bonds is 5. The average molecular weight is 547 g/mol. The molecule has 0 saturated heterocycles. The molecule has 6 nitrogen and oxygen atoms in total. The minimum Gasteiger partial charge on any atom is -0.337 e. The summed E-state index contributed by atoms with van der Waals surface area (Å²) in [5, 5.41) is 6.06. The van der Waals surface area contributed by atoms with E-state index in [-0.39, 0.29) is 29.2 Å². The third-order valence-corrected chi connectivity index (χ3v) is 6.49. The van der Waals surface area contributed by atoms with Gasteiger partial charge in [0, 0.05) is 29.7 Å². The van der Waals surface area contributed by atoms with Crippen molar-refractivity contribution in [2.24, 2.45) is 5.10 Å². The van der Waals surface area contributed by atoms with Crippen molar-refractivity contribution in [2.45, 2.75) is 19.3 Å². The second-order valence-electron chi connectivity index (χ2n) is 9.17. The zero-order valence-electron chi connectivity index (χ0n) is 20.6. The van der Waals surface area contributed by atoms with Crippen LogP contribution in [0.15, 0.2) is 84.4 Å². The third-order valence-electron chi connectivity index (χ3n) is 6.49. The van der Waals surface area contributed by atoms with Crippen molar-refractivity contribution in [2.75, 3.05) is 0 Å². The Bertz CT molecular complexity index is 1710. The van der Waals surface area contributed by atoms with E-state index in [2.05, 4.69) is 25.0 Å². The predicted octanol–water partition coefficient (Wildman–Crippen LogP) is 6.85. The Hall–Kier alpha value is -4.93. The quantitative estimate of drug-likeness (QED) is 0.245. The van der Waals surface area contributed by atoms with Gasteiger partial charge in [-0.05, 0) is 41.5 Å². The number of benzene rings is 2. The lowest BCUT2D eigenvalue weighted by Crippen LogP contribution is -2.21. The number of fused-ring (bicyclic) bond motifs is 1. The number of pyridine rings is 2. The van der Waals surface area contributed by atoms with E-state index in [1.54, 1.807) is 41.5 Å². The fourth-order valence-electron chi connectivity index (χ4n) is 4.52. The van der Waals surface area contributed by atoms with Crippen LogP contribution < -0.4 is 0 Å². The second-order valence-corrected chi connectivity index (χ2v) is 9.17. The number of nitrogens with zero attached hydrogens (tertiary/aromatic N) is 5. The molecule has 1 aliphatic heterocycles. The molecule has 4 heterocycles. The van der Waals surface area contributed by atoms with Crippen LogP contribution in [0.5, 0.6) is 0 Å². The highest BCUT2D eigenvalue weighted by atomic mass is 19.4. The highest BCUT2D eigenvalue weighted by Crippen LogP contribution is 2.39. The van der Waals surface area contributed by atoms with Gasteiger partial charge in [0.1, 0.15) is 5.82 Å². The van der Waals surface area contributed by atoms with E-state index in [1.807, 2.05) is 0 Å². The largest absolute Gasteiger partial charge is 0.417 e. The lowest BCUT2D eigenvalue weighted by molar-refractivity contribution is -0.137. The molecular weight excluding hydrogens is 527 g/mol. The zero-order valence-corrected chi connectivity index (χ0v) is 20.6. The van der Waals surface area contributed by atoms with E-state index in [0.717, 1.165) is 17.7 Å². The first-order chi connectivity index (χ1) is 19.3. The van der Waals surface area contributed by atoms with Gasteiger partial charge in [-0.25, -0.2) is 13.8 Å². The van der Waals surface area contributed by atoms with E-state index in [9.17, 15) is 22.0 Å². The summed E-state index contributed by atoms with van der Waals surface area (Å²) in [7, 11) is 0. The summed E-state index contributed by atoms with van der Waals surface area (Å²) in [5.74, 6) is -1.77. The van der Waals surface area contributed by atoms with Crippen LogP contribution in [-0.2, 0) is 19.3 Å². The molecule has 3 aromatic heterocycles. The van der Waals surface area contributed by atoms with Gasteiger partial charge in [-0.3, -0.25) is 15.0 Å². The van der Waals surface area contributed by atoms with Gasteiger partial charge in [-0.2, -0.15) is 18.3 Å². The van der Waals surface area contributed by atoms with Crippen LogP contribution in [-0.4, -0.2) is 31.2 Å². The predicted molar refractivity (Wildman–Crippen MR) is 139 cm³/mol. The number of nitrogens with one attached hydrogen (secondary N) is 1. The molecule has 0 unspecified atom stereocenters. The number of alkyl halides is 3. The van der Waals surface area contributed by atoms with Gasteiger partial charge in [-0.15, -0.1) is 0 Å². The fraction of sp³-hybridized carbons (Fsp3) is 0.103. The Labute approximate surface area is 224 Å². The molecule has 0 fully saturated rings. The van der Waals surface area contributed by atoms with Gasteiger partial charge in [0.05, 0.1) is 47.5 Å². The highest BCUT2D eigenvalue weighted by Gasteiger charge is 2.34. The second kappa shape index (κ2) is 9.99. The number of H-pyrrole nitrogens is 1. The van der Waals surface area contributed by atoms with Crippen LogP contribution in [0.1, 0.15) is 22.5 Å². The lowest BCUT2D eigenvalue weighted by atomic mass is 9.97. The molecule has 1 N–H and O–H groups in total. The Kier molecular flexibility index (Phi) is 6.33. The van der Waals surface area contributed by atoms with E-state index in [0.29, 0.717) is 29.1 Å². The van der Waals surface area contributed by atoms with Crippen LogP contribution in [0.3, 0.4) is 0 Å². The molecule has 2 aromatic carbocycles. The molecule has 0 amide bonds. The Morgan fingerprint density at radius 2 is 1.77 bits per heavy atom. The standard InChI is InChI=1S/C29H19F5N6/c30-23-5-1-4-21(27(23)31)28-38-25-14-37-40(16-26(25)39-28)15-17-6-9-24(36-12-17)20-8-7-18(11-22(20)29(32,33)34)19-3-2-10-35-13-19/h1-14H,15-16H2,(H,38,39). The maximum Gasteiger partial charge on any atom is 0.417 e. The van der Waals surface area contributed by atoms with Crippen molar-refractivity contribution >= 4 is 6.21 Å². The number of halogens is 5. The number of hydrogen-bond donors (Lipinski definition) is 1. The molecule has 0 aliphatic carbocycles. The zero-order chi connectivity index (χ0) is 27.9. The Morgan fingerprint density at radius 3 is 2.52 bits per heavy atom. The first-order valence-electron chi connectivity index (χ1n) is 12.2. The minimum atomic E-state index is -4.58. The monoisotopic (exact) mass is 546 g/mol. The fourth-order valence-corrected chi connectivity index (χ4v) is 4.52. The maximum atomic E-state index is 14.2. The van der Waals surface area contributed by atoms with Crippen LogP contribution in [0.25, 0.3) is 33.8 Å². The van der Waals surface area contributed by atoms with Gasteiger partial charge in [0.15, 0.2) is 11.6 Å². The van der Waals surface area contributed by atoms with Gasteiger partial charge in [0.2, 0.25) is 0 Å². The molecule has 11 heteroatoms. The molecule has 0 spiro atoms. The topological polar surface area (TPSA) is 70.1 Å². The molecule has 6 rings (SSSR count). The number of hydrazone groups is 1. The summed E-state index contributed by atoms with van der Waals surface area (Å²) < 4.78 is 69.8. The molecule has 40 heavy (non-hydrogen) atoms. The molecule has 5 aromatic rings. The number of aromatic amines is 1. The minimum absolute atomic E-state index is 0.0147. The summed E-state index contributed by atoms with van der Waals surface area (Å²) in [6, 6.07) is 14.6. The van der Waals surface area contributed by atoms with Crippen LogP contribution in [0, 0.1) is 11.6 Å². The summed E-state index contributed by atoms with van der Waals surface area (Å²) in [6.45, 7) is 0.598. The summed E-state index contributed by atoms with van der Waals surface area (Å²) in [4.78, 5) is 15.7. The van der Waals surface area contributed by atoms with Crippen molar-refractivity contribution in [1.82, 2.24) is 24.9 Å². The Balaban J connectivity index is 1.20. The van der Waals surface area contributed by atoms with Crippen LogP contribution >= 0.6 is 0 Å². The molecule has 1 aliphatic rings. The van der Waals surface area contributed by atoms with E-state index in [4.69, 9.17) is 0 Å². The van der Waals surface area contributed by atoms with E-state index in [1.165, 1.54) is 36.8 Å². The number of aromatic nitrogens is 4. The lowest BCUT2D eigenvalue weighted by Gasteiger charge is -2.21. The van der Waals surface area contributed by atoms with Crippen LogP contribution in [0.4, 0.5) is 22.0 Å². The first kappa shape index (κ1) is 25.4. The summed E-state index contributed by atoms with van der Waals surface area (Å²) >= 11 is 0. The Morgan fingerprint density at radius 1 is 0.900 bits per heavy atom. The maximum absolute atomic E-state index is 14.2. The van der Waals surface area contributed by atoms with Crippen LogP contribution in [0.2, 0.25) is 0 Å². The molecule has 0 bridgehead atoms. The SMILES string of the molecule is Fc1cccc(-c2nc3c([nH]2)C=NN(Cc2ccc(-c4ccc(-c5cccnc5)cc4C(F)(F)F)nc2)C3)c1F. The van der Waals surface area contributed by atoms with Gasteiger partial charge < -0.3 is 4.98 Å². The smallest absolute Gasteiger partial charge is 0.337 e. The van der Waals surface area contributed by atoms with Crippen molar-refractivity contribution in [1.29, 1.82) is 0 Å². The van der Waals surface area contributed by atoms with Gasteiger partial charge >= 0.3 is 6.18 Å². The normalized spacial score (nSPS) is 13.0. The molecule has 0 radical (unpaired) electrons. The number of hydrogen-bond acceptors (Lipinski definition) is 5. The van der Waals surface area contributed by atoms with Crippen molar-refractivity contribution in [3.8, 4) is 33.8 Å². The summed E-state index contributed by atoms with van der Waals surface area (Å²) in [5.41, 5.74) is 2.28. The van der Waals surface area contributed by atoms with Gasteiger partial charge in [0.25, 0.3) is 0 Å². The average Bonchev–Trinajstić information content (AvgIpc) is 3.38. The molecule has 200 valence electrons. The van der Waals surface area contributed by atoms with E-state index < -0.39 is 23.4 Å². The van der Waals surface area contributed by atoms with Crippen molar-refractivity contribution in [3.63, 3.8) is 0 Å². The molecule has 0 saturated carbocycles. The van der Waals surface area contributed by atoms with Crippen molar-refractivity contribution < 1.29 is 22.0 Å². The molecule has 0 atom stereocenters. The summed E-state index contributed by atoms with van der Waals surface area (Å²) in [6.07, 6.45) is 1.53. The third kappa shape index (κ3) is 4.93. The number of imidazole rings is 1.